The van der Waals surface area contributed by atoms with Gasteiger partial charge in [-0.1, -0.05) is 40.0 Å². The highest BCUT2D eigenvalue weighted by molar-refractivity contribution is 7.91. The maximum absolute atomic E-state index is 11.3. The van der Waals surface area contributed by atoms with E-state index in [1.165, 1.54) is 25.7 Å². The molecule has 0 aliphatic heterocycles. The second kappa shape index (κ2) is 10.8. The topological polar surface area (TPSA) is 46.2 Å². The molecule has 0 saturated carbocycles. The van der Waals surface area contributed by atoms with E-state index >= 15 is 0 Å². The molecular formula is C14H31NO2S. The number of rotatable bonds is 12. The highest BCUT2D eigenvalue weighted by Gasteiger charge is 2.08. The SMILES string of the molecule is CCCNC(CCC)CCCCCS(=O)(=O)CC. The number of nitrogens with one attached hydrogen (secondary N) is 1. The van der Waals surface area contributed by atoms with Gasteiger partial charge >= 0.3 is 0 Å². The summed E-state index contributed by atoms with van der Waals surface area (Å²) in [5.74, 6) is 0.647. The van der Waals surface area contributed by atoms with Crippen LogP contribution < -0.4 is 5.32 Å². The van der Waals surface area contributed by atoms with E-state index in [-0.39, 0.29) is 5.75 Å². The van der Waals surface area contributed by atoms with Crippen LogP contribution in [0.15, 0.2) is 0 Å². The first-order valence-corrected chi connectivity index (χ1v) is 9.31. The zero-order valence-electron chi connectivity index (χ0n) is 12.4. The third kappa shape index (κ3) is 9.89. The Kier molecular flexibility index (Phi) is 10.7. The van der Waals surface area contributed by atoms with Crippen molar-refractivity contribution in [1.82, 2.24) is 5.32 Å². The molecule has 0 spiro atoms. The molecule has 0 radical (unpaired) electrons. The molecule has 18 heavy (non-hydrogen) atoms. The number of sulfone groups is 1. The van der Waals surface area contributed by atoms with E-state index < -0.39 is 9.84 Å². The summed E-state index contributed by atoms with van der Waals surface area (Å²) in [6.07, 6.45) is 7.80. The van der Waals surface area contributed by atoms with Crippen molar-refractivity contribution < 1.29 is 8.42 Å². The second-order valence-electron chi connectivity index (χ2n) is 5.03. The van der Waals surface area contributed by atoms with E-state index in [0.717, 1.165) is 25.8 Å². The van der Waals surface area contributed by atoms with Crippen molar-refractivity contribution >= 4 is 9.84 Å². The summed E-state index contributed by atoms with van der Waals surface area (Å²) in [5, 5.41) is 3.57. The molecule has 0 bridgehead atoms. The molecule has 0 aromatic heterocycles. The predicted octanol–water partition coefficient (Wildman–Crippen LogP) is 3.15. The van der Waals surface area contributed by atoms with Crippen LogP contribution in [-0.2, 0) is 9.84 Å². The Labute approximate surface area is 114 Å². The Morgan fingerprint density at radius 1 is 0.944 bits per heavy atom. The van der Waals surface area contributed by atoms with Gasteiger partial charge in [-0.3, -0.25) is 0 Å². The lowest BCUT2D eigenvalue weighted by Crippen LogP contribution is -2.29. The molecule has 1 unspecified atom stereocenters. The van der Waals surface area contributed by atoms with E-state index in [0.29, 0.717) is 11.8 Å². The quantitative estimate of drug-likeness (QED) is 0.557. The van der Waals surface area contributed by atoms with Gasteiger partial charge in [0.15, 0.2) is 0 Å². The summed E-state index contributed by atoms with van der Waals surface area (Å²) in [7, 11) is -2.76. The summed E-state index contributed by atoms with van der Waals surface area (Å²) in [4.78, 5) is 0. The molecule has 0 saturated heterocycles. The molecule has 3 nitrogen and oxygen atoms in total. The number of hydrogen-bond donors (Lipinski definition) is 1. The average molecular weight is 277 g/mol. The van der Waals surface area contributed by atoms with Gasteiger partial charge in [0.1, 0.15) is 9.84 Å². The van der Waals surface area contributed by atoms with E-state index in [2.05, 4.69) is 19.2 Å². The first-order valence-electron chi connectivity index (χ1n) is 7.49. The fraction of sp³-hybridized carbons (Fsp3) is 1.00. The maximum atomic E-state index is 11.3. The van der Waals surface area contributed by atoms with Crippen LogP contribution in [-0.4, -0.2) is 32.5 Å². The van der Waals surface area contributed by atoms with E-state index in [1.54, 1.807) is 6.92 Å². The minimum absolute atomic E-state index is 0.281. The summed E-state index contributed by atoms with van der Waals surface area (Å²) in [6, 6.07) is 0.623. The third-order valence-electron chi connectivity index (χ3n) is 3.27. The summed E-state index contributed by atoms with van der Waals surface area (Å²) < 4.78 is 22.7. The van der Waals surface area contributed by atoms with Crippen LogP contribution in [0.1, 0.15) is 65.7 Å². The summed E-state index contributed by atoms with van der Waals surface area (Å²) in [6.45, 7) is 7.22. The minimum Gasteiger partial charge on any atom is -0.314 e. The lowest BCUT2D eigenvalue weighted by atomic mass is 10.0. The summed E-state index contributed by atoms with van der Waals surface area (Å²) in [5.41, 5.74) is 0. The molecule has 1 N–H and O–H groups in total. The van der Waals surface area contributed by atoms with Crippen molar-refractivity contribution in [2.75, 3.05) is 18.1 Å². The minimum atomic E-state index is -2.76. The fourth-order valence-corrected chi connectivity index (χ4v) is 3.01. The normalized spacial score (nSPS) is 13.7. The van der Waals surface area contributed by atoms with Gasteiger partial charge in [0.25, 0.3) is 0 Å². The van der Waals surface area contributed by atoms with Gasteiger partial charge < -0.3 is 5.32 Å². The zero-order valence-corrected chi connectivity index (χ0v) is 13.2. The maximum Gasteiger partial charge on any atom is 0.150 e. The Hall–Kier alpha value is -0.0900. The zero-order chi connectivity index (χ0) is 13.9. The van der Waals surface area contributed by atoms with E-state index in [1.807, 2.05) is 0 Å². The average Bonchev–Trinajstić information content (AvgIpc) is 2.35. The lowest BCUT2D eigenvalue weighted by Gasteiger charge is -2.17. The predicted molar refractivity (Wildman–Crippen MR) is 79.8 cm³/mol. The molecule has 0 fully saturated rings. The van der Waals surface area contributed by atoms with Crippen LogP contribution in [0.25, 0.3) is 0 Å². The van der Waals surface area contributed by atoms with Gasteiger partial charge in [-0.2, -0.15) is 0 Å². The first-order chi connectivity index (χ1) is 8.55. The fourth-order valence-electron chi connectivity index (χ4n) is 2.08. The van der Waals surface area contributed by atoms with Gasteiger partial charge in [-0.05, 0) is 32.2 Å². The van der Waals surface area contributed by atoms with Crippen LogP contribution in [0.2, 0.25) is 0 Å². The Morgan fingerprint density at radius 3 is 2.22 bits per heavy atom. The molecule has 0 aromatic rings. The standard InChI is InChI=1S/C14H31NO2S/c1-4-10-14(15-12-5-2)11-8-7-9-13-18(16,17)6-3/h14-15H,4-13H2,1-3H3. The van der Waals surface area contributed by atoms with Crippen LogP contribution in [0.4, 0.5) is 0 Å². The Morgan fingerprint density at radius 2 is 1.67 bits per heavy atom. The van der Waals surface area contributed by atoms with Crippen LogP contribution >= 0.6 is 0 Å². The van der Waals surface area contributed by atoms with Crippen LogP contribution in [0, 0.1) is 0 Å². The molecule has 0 aliphatic carbocycles. The highest BCUT2D eigenvalue weighted by Crippen LogP contribution is 2.09. The van der Waals surface area contributed by atoms with Crippen molar-refractivity contribution in [3.05, 3.63) is 0 Å². The number of hydrogen-bond acceptors (Lipinski definition) is 3. The van der Waals surface area contributed by atoms with Gasteiger partial charge in [-0.25, -0.2) is 8.42 Å². The molecule has 0 aliphatic rings. The highest BCUT2D eigenvalue weighted by atomic mass is 32.2. The lowest BCUT2D eigenvalue weighted by molar-refractivity contribution is 0.431. The smallest absolute Gasteiger partial charge is 0.150 e. The monoisotopic (exact) mass is 277 g/mol. The molecule has 1 atom stereocenters. The van der Waals surface area contributed by atoms with Crippen molar-refractivity contribution in [2.24, 2.45) is 0 Å². The van der Waals surface area contributed by atoms with Gasteiger partial charge in [-0.15, -0.1) is 0 Å². The number of unbranched alkanes of at least 4 members (excludes halogenated alkanes) is 2. The van der Waals surface area contributed by atoms with E-state index in [4.69, 9.17) is 0 Å². The third-order valence-corrected chi connectivity index (χ3v) is 5.06. The van der Waals surface area contributed by atoms with E-state index in [9.17, 15) is 8.42 Å². The Balaban J connectivity index is 3.66. The molecule has 0 rings (SSSR count). The van der Waals surface area contributed by atoms with Gasteiger partial charge in [0.05, 0.1) is 5.75 Å². The summed E-state index contributed by atoms with van der Waals surface area (Å²) >= 11 is 0. The molecule has 0 amide bonds. The first kappa shape index (κ1) is 17.9. The van der Waals surface area contributed by atoms with Crippen molar-refractivity contribution in [2.45, 2.75) is 71.8 Å². The van der Waals surface area contributed by atoms with Crippen LogP contribution in [0.3, 0.4) is 0 Å². The molecule has 0 aromatic carbocycles. The van der Waals surface area contributed by atoms with Crippen molar-refractivity contribution in [1.29, 1.82) is 0 Å². The van der Waals surface area contributed by atoms with Gasteiger partial charge in [0.2, 0.25) is 0 Å². The molecule has 4 heteroatoms. The van der Waals surface area contributed by atoms with Crippen molar-refractivity contribution in [3.63, 3.8) is 0 Å². The molecular weight excluding hydrogens is 246 g/mol. The largest absolute Gasteiger partial charge is 0.314 e. The molecule has 110 valence electrons. The van der Waals surface area contributed by atoms with Crippen molar-refractivity contribution in [3.8, 4) is 0 Å². The Bertz CT molecular complexity index is 276. The second-order valence-corrected chi connectivity index (χ2v) is 7.50. The van der Waals surface area contributed by atoms with Crippen LogP contribution in [0.5, 0.6) is 0 Å². The van der Waals surface area contributed by atoms with Gasteiger partial charge in [0, 0.05) is 11.8 Å². The molecule has 0 heterocycles.